The van der Waals surface area contributed by atoms with Gasteiger partial charge in [0.05, 0.1) is 6.42 Å². The normalized spacial score (nSPS) is 26.0. The van der Waals surface area contributed by atoms with Crippen molar-refractivity contribution >= 4 is 5.97 Å². The number of alkyl halides is 3. The van der Waals surface area contributed by atoms with Gasteiger partial charge in [0.15, 0.2) is 5.83 Å². The largest absolute Gasteiger partial charge is 0.549 e. The van der Waals surface area contributed by atoms with Gasteiger partial charge in [0.1, 0.15) is 11.5 Å². The summed E-state index contributed by atoms with van der Waals surface area (Å²) in [4.78, 5) is 11.7. The minimum absolute atomic E-state index is 0.202. The zero-order valence-electron chi connectivity index (χ0n) is 13.0. The number of terminal acetylenes is 1. The maximum absolute atomic E-state index is 13.3. The first-order valence-electron chi connectivity index (χ1n) is 7.14. The topological polar surface area (TPSA) is 53.3 Å². The third-order valence-electron chi connectivity index (χ3n) is 4.77. The lowest BCUT2D eigenvalue weighted by Gasteiger charge is -2.20. The number of carboxylic acid groups (broad SMARTS) is 1. The summed E-state index contributed by atoms with van der Waals surface area (Å²) in [5.41, 5.74) is -2.80. The molecule has 0 spiro atoms. The van der Waals surface area contributed by atoms with Crippen molar-refractivity contribution in [3.05, 3.63) is 35.6 Å². The van der Waals surface area contributed by atoms with E-state index in [2.05, 4.69) is 5.92 Å². The molecule has 2 rings (SSSR count). The SMILES string of the molecule is C#CCc1ccc(CC2(C(=O)[O-])C(C=C(F)C(F)(F)F)C2(C)C)o1. The molecule has 0 bridgehead atoms. The van der Waals surface area contributed by atoms with Crippen LogP contribution >= 0.6 is 0 Å². The first-order valence-corrected chi connectivity index (χ1v) is 7.14. The van der Waals surface area contributed by atoms with E-state index in [0.29, 0.717) is 11.8 Å². The van der Waals surface area contributed by atoms with Crippen LogP contribution < -0.4 is 5.11 Å². The molecule has 2 unspecified atom stereocenters. The number of rotatable bonds is 5. The Morgan fingerprint density at radius 3 is 2.50 bits per heavy atom. The van der Waals surface area contributed by atoms with Crippen LogP contribution in [-0.4, -0.2) is 12.1 Å². The van der Waals surface area contributed by atoms with E-state index in [0.717, 1.165) is 0 Å². The van der Waals surface area contributed by atoms with E-state index >= 15 is 0 Å². The molecular weight excluding hydrogens is 328 g/mol. The molecule has 0 radical (unpaired) electrons. The summed E-state index contributed by atoms with van der Waals surface area (Å²) in [6.45, 7) is 2.91. The summed E-state index contributed by atoms with van der Waals surface area (Å²) < 4.78 is 55.9. The lowest BCUT2D eigenvalue weighted by Crippen LogP contribution is -2.38. The lowest BCUT2D eigenvalue weighted by molar-refractivity contribution is -0.315. The second kappa shape index (κ2) is 5.69. The molecule has 24 heavy (non-hydrogen) atoms. The number of halogens is 4. The van der Waals surface area contributed by atoms with Crippen LogP contribution in [0.1, 0.15) is 25.4 Å². The molecule has 130 valence electrons. The number of aliphatic carboxylic acids is 1. The van der Waals surface area contributed by atoms with Crippen LogP contribution in [0.15, 0.2) is 28.5 Å². The molecule has 2 atom stereocenters. The van der Waals surface area contributed by atoms with Crippen LogP contribution in [0.3, 0.4) is 0 Å². The molecule has 1 heterocycles. The summed E-state index contributed by atoms with van der Waals surface area (Å²) in [7, 11) is 0. The zero-order chi connectivity index (χ0) is 18.3. The predicted octanol–water partition coefficient (Wildman–Crippen LogP) is 2.81. The summed E-state index contributed by atoms with van der Waals surface area (Å²) >= 11 is 0. The summed E-state index contributed by atoms with van der Waals surface area (Å²) in [5.74, 6) is -1.97. The Kier molecular flexibility index (Phi) is 4.29. The highest BCUT2D eigenvalue weighted by atomic mass is 19.4. The molecule has 1 saturated carbocycles. The third-order valence-corrected chi connectivity index (χ3v) is 4.77. The van der Waals surface area contributed by atoms with Gasteiger partial charge in [0.2, 0.25) is 0 Å². The zero-order valence-corrected chi connectivity index (χ0v) is 13.0. The van der Waals surface area contributed by atoms with E-state index in [4.69, 9.17) is 10.8 Å². The van der Waals surface area contributed by atoms with Crippen LogP contribution in [0.5, 0.6) is 0 Å². The first-order chi connectivity index (χ1) is 11.0. The van der Waals surface area contributed by atoms with Gasteiger partial charge in [-0.05, 0) is 29.5 Å². The van der Waals surface area contributed by atoms with Gasteiger partial charge in [-0.15, -0.1) is 6.42 Å². The molecule has 3 nitrogen and oxygen atoms in total. The van der Waals surface area contributed by atoms with Gasteiger partial charge in [0.25, 0.3) is 0 Å². The standard InChI is InChI=1S/C17H16F4O3/c1-4-5-10-6-7-11(24-10)9-16(14(22)23)12(15(16,2)3)8-13(18)17(19,20)21/h1,6-8,12H,5,9H2,2-3H3,(H,22,23)/p-1. The average Bonchev–Trinajstić information content (AvgIpc) is 2.75. The summed E-state index contributed by atoms with van der Waals surface area (Å²) in [5, 5.41) is 11.7. The number of furan rings is 1. The fourth-order valence-electron chi connectivity index (χ4n) is 3.27. The van der Waals surface area contributed by atoms with Crippen molar-refractivity contribution in [3.8, 4) is 12.3 Å². The highest BCUT2D eigenvalue weighted by molar-refractivity contribution is 5.80. The monoisotopic (exact) mass is 343 g/mol. The molecule has 1 aliphatic rings. The molecule has 1 fully saturated rings. The van der Waals surface area contributed by atoms with Crippen molar-refractivity contribution in [2.24, 2.45) is 16.7 Å². The van der Waals surface area contributed by atoms with Crippen molar-refractivity contribution < 1.29 is 31.9 Å². The predicted molar refractivity (Wildman–Crippen MR) is 74.9 cm³/mol. The average molecular weight is 343 g/mol. The van der Waals surface area contributed by atoms with Gasteiger partial charge in [0, 0.05) is 17.8 Å². The molecular formula is C17H15F4O3-. The maximum Gasteiger partial charge on any atom is 0.442 e. The quantitative estimate of drug-likeness (QED) is 0.610. The Labute approximate surface area is 136 Å². The molecule has 0 N–H and O–H groups in total. The second-order valence-electron chi connectivity index (χ2n) is 6.40. The highest BCUT2D eigenvalue weighted by Gasteiger charge is 2.71. The van der Waals surface area contributed by atoms with E-state index in [1.807, 2.05) is 0 Å². The van der Waals surface area contributed by atoms with Crippen molar-refractivity contribution in [2.45, 2.75) is 32.9 Å². The number of hydrogen-bond donors (Lipinski definition) is 0. The second-order valence-corrected chi connectivity index (χ2v) is 6.40. The summed E-state index contributed by atoms with van der Waals surface area (Å²) in [6.07, 6.45) is 0.310. The number of allylic oxidation sites excluding steroid dienone is 2. The van der Waals surface area contributed by atoms with Crippen LogP contribution in [-0.2, 0) is 17.6 Å². The number of carbonyl (C=O) groups excluding carboxylic acids is 1. The fraction of sp³-hybridized carbons (Fsp3) is 0.471. The smallest absolute Gasteiger partial charge is 0.442 e. The van der Waals surface area contributed by atoms with Gasteiger partial charge in [-0.2, -0.15) is 13.2 Å². The summed E-state index contributed by atoms with van der Waals surface area (Å²) in [6, 6.07) is 3.07. The van der Waals surface area contributed by atoms with Crippen LogP contribution in [0, 0.1) is 29.1 Å². The Bertz CT molecular complexity index is 721. The lowest BCUT2D eigenvalue weighted by atomic mass is 9.91. The van der Waals surface area contributed by atoms with E-state index in [1.165, 1.54) is 19.9 Å². The first kappa shape index (κ1) is 18.1. The van der Waals surface area contributed by atoms with E-state index in [-0.39, 0.29) is 18.6 Å². The molecule has 0 amide bonds. The van der Waals surface area contributed by atoms with Gasteiger partial charge < -0.3 is 14.3 Å². The Morgan fingerprint density at radius 1 is 1.42 bits per heavy atom. The maximum atomic E-state index is 13.3. The molecule has 0 aliphatic heterocycles. The number of hydrogen-bond acceptors (Lipinski definition) is 3. The van der Waals surface area contributed by atoms with Crippen molar-refractivity contribution in [3.63, 3.8) is 0 Å². The van der Waals surface area contributed by atoms with Gasteiger partial charge in [-0.1, -0.05) is 19.8 Å². The van der Waals surface area contributed by atoms with Gasteiger partial charge in [-0.25, -0.2) is 4.39 Å². The van der Waals surface area contributed by atoms with Crippen molar-refractivity contribution in [1.29, 1.82) is 0 Å². The van der Waals surface area contributed by atoms with E-state index in [1.54, 1.807) is 6.07 Å². The van der Waals surface area contributed by atoms with Crippen molar-refractivity contribution in [2.75, 3.05) is 0 Å². The van der Waals surface area contributed by atoms with E-state index < -0.39 is 34.7 Å². The molecule has 0 aromatic carbocycles. The molecule has 0 saturated heterocycles. The number of carboxylic acids is 1. The van der Waals surface area contributed by atoms with Crippen molar-refractivity contribution in [1.82, 2.24) is 0 Å². The molecule has 7 heteroatoms. The molecule has 1 aliphatic carbocycles. The third kappa shape index (κ3) is 2.81. The Morgan fingerprint density at radius 2 is 2.00 bits per heavy atom. The Hall–Kier alpha value is -2.23. The molecule has 1 aromatic rings. The van der Waals surface area contributed by atoms with Crippen LogP contribution in [0.2, 0.25) is 0 Å². The van der Waals surface area contributed by atoms with Gasteiger partial charge in [-0.3, -0.25) is 0 Å². The number of carbonyl (C=O) groups is 1. The van der Waals surface area contributed by atoms with Gasteiger partial charge >= 0.3 is 6.18 Å². The minimum Gasteiger partial charge on any atom is -0.549 e. The minimum atomic E-state index is -5.15. The Balaban J connectivity index is 2.34. The van der Waals surface area contributed by atoms with Crippen LogP contribution in [0.4, 0.5) is 17.6 Å². The highest BCUT2D eigenvalue weighted by Crippen LogP contribution is 2.71. The fourth-order valence-corrected chi connectivity index (χ4v) is 3.27. The molecule has 1 aromatic heterocycles. The van der Waals surface area contributed by atoms with E-state index in [9.17, 15) is 27.5 Å². The van der Waals surface area contributed by atoms with Crippen LogP contribution in [0.25, 0.3) is 0 Å².